The van der Waals surface area contributed by atoms with Gasteiger partial charge in [0.15, 0.2) is 11.6 Å². The molecule has 0 radical (unpaired) electrons. The molecular weight excluding hydrogens is 252 g/mol. The first-order valence-electron chi connectivity index (χ1n) is 6.18. The SMILES string of the molecule is CC(C)COCCn1c(N)nc2ccc(F)c(F)c21. The van der Waals surface area contributed by atoms with Crippen molar-refractivity contribution in [3.63, 3.8) is 0 Å². The van der Waals surface area contributed by atoms with Crippen LogP contribution in [0.15, 0.2) is 12.1 Å². The van der Waals surface area contributed by atoms with Gasteiger partial charge in [0, 0.05) is 13.2 Å². The van der Waals surface area contributed by atoms with Gasteiger partial charge in [0.25, 0.3) is 0 Å². The Morgan fingerprint density at radius 3 is 2.79 bits per heavy atom. The van der Waals surface area contributed by atoms with Gasteiger partial charge in [-0.05, 0) is 18.1 Å². The monoisotopic (exact) mass is 269 g/mol. The van der Waals surface area contributed by atoms with E-state index < -0.39 is 11.6 Å². The molecule has 19 heavy (non-hydrogen) atoms. The van der Waals surface area contributed by atoms with Gasteiger partial charge >= 0.3 is 0 Å². The Balaban J connectivity index is 2.22. The zero-order valence-electron chi connectivity index (χ0n) is 11.0. The van der Waals surface area contributed by atoms with Crippen LogP contribution in [-0.2, 0) is 11.3 Å². The molecule has 4 nitrogen and oxygen atoms in total. The number of ether oxygens (including phenoxy) is 1. The smallest absolute Gasteiger partial charge is 0.201 e. The van der Waals surface area contributed by atoms with E-state index in [1.807, 2.05) is 13.8 Å². The Hall–Kier alpha value is -1.69. The van der Waals surface area contributed by atoms with Gasteiger partial charge in [-0.25, -0.2) is 13.8 Å². The Morgan fingerprint density at radius 1 is 1.37 bits per heavy atom. The van der Waals surface area contributed by atoms with Crippen LogP contribution in [0.3, 0.4) is 0 Å². The average Bonchev–Trinajstić information content (AvgIpc) is 2.66. The van der Waals surface area contributed by atoms with Crippen molar-refractivity contribution >= 4 is 17.0 Å². The largest absolute Gasteiger partial charge is 0.379 e. The van der Waals surface area contributed by atoms with Crippen molar-refractivity contribution in [2.24, 2.45) is 5.92 Å². The summed E-state index contributed by atoms with van der Waals surface area (Å²) in [4.78, 5) is 4.01. The number of fused-ring (bicyclic) bond motifs is 1. The number of aromatic nitrogens is 2. The maximum atomic E-state index is 13.8. The number of hydrogen-bond acceptors (Lipinski definition) is 3. The second-order valence-electron chi connectivity index (χ2n) is 4.82. The Morgan fingerprint density at radius 2 is 2.11 bits per heavy atom. The molecule has 0 fully saturated rings. The average molecular weight is 269 g/mol. The van der Waals surface area contributed by atoms with Gasteiger partial charge in [0.2, 0.25) is 5.95 Å². The van der Waals surface area contributed by atoms with E-state index in [4.69, 9.17) is 10.5 Å². The Bertz CT molecular complexity index is 581. The summed E-state index contributed by atoms with van der Waals surface area (Å²) in [6.07, 6.45) is 0. The second kappa shape index (κ2) is 5.52. The number of rotatable bonds is 5. The van der Waals surface area contributed by atoms with Gasteiger partial charge in [0.1, 0.15) is 5.52 Å². The number of benzene rings is 1. The molecule has 2 N–H and O–H groups in total. The van der Waals surface area contributed by atoms with Crippen molar-refractivity contribution in [2.75, 3.05) is 18.9 Å². The Labute approximate surface area is 110 Å². The highest BCUT2D eigenvalue weighted by Gasteiger charge is 2.15. The van der Waals surface area contributed by atoms with E-state index >= 15 is 0 Å². The molecule has 0 aliphatic carbocycles. The van der Waals surface area contributed by atoms with Crippen molar-refractivity contribution in [1.29, 1.82) is 0 Å². The maximum Gasteiger partial charge on any atom is 0.201 e. The lowest BCUT2D eigenvalue weighted by molar-refractivity contribution is 0.104. The molecule has 0 unspecified atom stereocenters. The normalized spacial score (nSPS) is 11.6. The quantitative estimate of drug-likeness (QED) is 0.849. The molecule has 104 valence electrons. The molecule has 6 heteroatoms. The van der Waals surface area contributed by atoms with Gasteiger partial charge < -0.3 is 15.0 Å². The van der Waals surface area contributed by atoms with Crippen LogP contribution in [0.1, 0.15) is 13.8 Å². The van der Waals surface area contributed by atoms with Gasteiger partial charge in [-0.2, -0.15) is 0 Å². The number of nitrogens with zero attached hydrogens (tertiary/aromatic N) is 2. The van der Waals surface area contributed by atoms with Crippen LogP contribution in [0.5, 0.6) is 0 Å². The number of nitrogen functional groups attached to an aromatic ring is 1. The summed E-state index contributed by atoms with van der Waals surface area (Å²) in [6, 6.07) is 2.46. The first-order valence-corrected chi connectivity index (χ1v) is 6.18. The van der Waals surface area contributed by atoms with Gasteiger partial charge in [0.05, 0.1) is 12.1 Å². The van der Waals surface area contributed by atoms with Crippen molar-refractivity contribution in [2.45, 2.75) is 20.4 Å². The van der Waals surface area contributed by atoms with E-state index in [-0.39, 0.29) is 11.5 Å². The molecule has 1 heterocycles. The molecule has 1 aromatic heterocycles. The van der Waals surface area contributed by atoms with Crippen molar-refractivity contribution in [1.82, 2.24) is 9.55 Å². The third-order valence-electron chi connectivity index (χ3n) is 2.74. The molecule has 0 spiro atoms. The van der Waals surface area contributed by atoms with Crippen LogP contribution < -0.4 is 5.73 Å². The molecule has 0 bridgehead atoms. The number of nitrogens with two attached hydrogens (primary N) is 1. The highest BCUT2D eigenvalue weighted by molar-refractivity contribution is 5.79. The lowest BCUT2D eigenvalue weighted by Gasteiger charge is -2.09. The molecule has 0 aliphatic rings. The molecule has 1 aromatic carbocycles. The van der Waals surface area contributed by atoms with Crippen LogP contribution in [0.4, 0.5) is 14.7 Å². The van der Waals surface area contributed by atoms with Gasteiger partial charge in [-0.15, -0.1) is 0 Å². The highest BCUT2D eigenvalue weighted by atomic mass is 19.2. The van der Waals surface area contributed by atoms with Gasteiger partial charge in [-0.3, -0.25) is 0 Å². The summed E-state index contributed by atoms with van der Waals surface area (Å²) in [5.41, 5.74) is 6.16. The predicted octanol–water partition coefficient (Wildman–Crippen LogP) is 2.57. The lowest BCUT2D eigenvalue weighted by Crippen LogP contribution is -2.12. The van der Waals surface area contributed by atoms with Crippen molar-refractivity contribution < 1.29 is 13.5 Å². The first-order chi connectivity index (χ1) is 9.00. The van der Waals surface area contributed by atoms with Crippen LogP contribution in [0, 0.1) is 17.6 Å². The molecular formula is C13H17F2N3O. The molecule has 2 aromatic rings. The fourth-order valence-corrected chi connectivity index (χ4v) is 1.88. The van der Waals surface area contributed by atoms with E-state index in [9.17, 15) is 8.78 Å². The summed E-state index contributed by atoms with van der Waals surface area (Å²) in [5, 5.41) is 0. The van der Waals surface area contributed by atoms with Crippen LogP contribution >= 0.6 is 0 Å². The summed E-state index contributed by atoms with van der Waals surface area (Å²) in [5.74, 6) is -1.25. The summed E-state index contributed by atoms with van der Waals surface area (Å²) in [6.45, 7) is 5.41. The zero-order chi connectivity index (χ0) is 14.0. The lowest BCUT2D eigenvalue weighted by atomic mass is 10.2. The number of imidazole rings is 1. The van der Waals surface area contributed by atoms with Crippen LogP contribution in [0.25, 0.3) is 11.0 Å². The van der Waals surface area contributed by atoms with E-state index in [2.05, 4.69) is 4.98 Å². The van der Waals surface area contributed by atoms with Gasteiger partial charge in [-0.1, -0.05) is 13.8 Å². The van der Waals surface area contributed by atoms with E-state index in [0.29, 0.717) is 31.2 Å². The third kappa shape index (κ3) is 2.84. The van der Waals surface area contributed by atoms with Crippen LogP contribution in [-0.4, -0.2) is 22.8 Å². The standard InChI is InChI=1S/C13H17F2N3O/c1-8(2)7-19-6-5-18-12-10(17-13(18)16)4-3-9(14)11(12)15/h3-4,8H,5-7H2,1-2H3,(H2,16,17). The number of halogens is 2. The maximum absolute atomic E-state index is 13.8. The van der Waals surface area contributed by atoms with Crippen molar-refractivity contribution in [3.8, 4) is 0 Å². The zero-order valence-corrected chi connectivity index (χ0v) is 11.0. The second-order valence-corrected chi connectivity index (χ2v) is 4.82. The molecule has 0 aliphatic heterocycles. The summed E-state index contributed by atoms with van der Waals surface area (Å²) >= 11 is 0. The first kappa shape index (κ1) is 13.7. The number of hydrogen-bond donors (Lipinski definition) is 1. The fraction of sp³-hybridized carbons (Fsp3) is 0.462. The minimum absolute atomic E-state index is 0.0886. The van der Waals surface area contributed by atoms with E-state index in [1.165, 1.54) is 10.6 Å². The highest BCUT2D eigenvalue weighted by Crippen LogP contribution is 2.22. The minimum atomic E-state index is -0.925. The molecule has 0 amide bonds. The predicted molar refractivity (Wildman–Crippen MR) is 69.7 cm³/mol. The summed E-state index contributed by atoms with van der Waals surface area (Å²) in [7, 11) is 0. The topological polar surface area (TPSA) is 53.1 Å². The fourth-order valence-electron chi connectivity index (χ4n) is 1.88. The third-order valence-corrected chi connectivity index (χ3v) is 2.74. The summed E-state index contributed by atoms with van der Waals surface area (Å²) < 4.78 is 33.9. The molecule has 2 rings (SSSR count). The minimum Gasteiger partial charge on any atom is -0.379 e. The molecule has 0 saturated heterocycles. The molecule has 0 atom stereocenters. The van der Waals surface area contributed by atoms with E-state index in [1.54, 1.807) is 0 Å². The molecule has 0 saturated carbocycles. The van der Waals surface area contributed by atoms with Crippen LogP contribution in [0.2, 0.25) is 0 Å². The van der Waals surface area contributed by atoms with Crippen molar-refractivity contribution in [3.05, 3.63) is 23.8 Å². The number of anilines is 1. The Kier molecular flexibility index (Phi) is 3.99. The van der Waals surface area contributed by atoms with E-state index in [0.717, 1.165) is 6.07 Å².